The van der Waals surface area contributed by atoms with Crippen molar-refractivity contribution in [3.63, 3.8) is 0 Å². The number of thioether (sulfide) groups is 1. The van der Waals surface area contributed by atoms with E-state index in [1.54, 1.807) is 6.07 Å². The first-order valence-electron chi connectivity index (χ1n) is 5.85. The summed E-state index contributed by atoms with van der Waals surface area (Å²) in [6.07, 6.45) is 5.66. The topological polar surface area (TPSA) is 85.3 Å². The number of rotatable bonds is 9. The van der Waals surface area contributed by atoms with Crippen LogP contribution in [0.15, 0.2) is 21.6 Å². The van der Waals surface area contributed by atoms with Crippen LogP contribution < -0.4 is 10.5 Å². The molecule has 0 aliphatic rings. The largest absolute Gasteiger partial charge is 0.447 e. The Labute approximate surface area is 113 Å². The molecule has 0 aliphatic carbocycles. The van der Waals surface area contributed by atoms with Gasteiger partial charge < -0.3 is 9.73 Å². The summed E-state index contributed by atoms with van der Waals surface area (Å²) in [7, 11) is -3.72. The van der Waals surface area contributed by atoms with Crippen molar-refractivity contribution < 1.29 is 12.8 Å². The van der Waals surface area contributed by atoms with Crippen LogP contribution in [0.1, 0.15) is 25.0 Å². The molecule has 0 spiro atoms. The molecular weight excluding hydrogens is 272 g/mol. The quantitative estimate of drug-likeness (QED) is 0.674. The molecule has 18 heavy (non-hydrogen) atoms. The number of hydrogen-bond donors (Lipinski definition) is 2. The fourth-order valence-electron chi connectivity index (χ4n) is 1.49. The number of furan rings is 1. The third-order valence-corrected chi connectivity index (χ3v) is 3.90. The highest BCUT2D eigenvalue weighted by Crippen LogP contribution is 2.11. The van der Waals surface area contributed by atoms with Gasteiger partial charge >= 0.3 is 0 Å². The Bertz CT molecular complexity index is 443. The minimum Gasteiger partial charge on any atom is -0.447 e. The molecule has 0 aliphatic heterocycles. The maximum absolute atomic E-state index is 11.0. The highest BCUT2D eigenvalue weighted by molar-refractivity contribution is 7.98. The zero-order valence-corrected chi connectivity index (χ0v) is 12.1. The monoisotopic (exact) mass is 292 g/mol. The third-order valence-electron chi connectivity index (χ3n) is 2.42. The highest BCUT2D eigenvalue weighted by atomic mass is 32.2. The highest BCUT2D eigenvalue weighted by Gasteiger charge is 2.12. The van der Waals surface area contributed by atoms with E-state index in [2.05, 4.69) is 11.6 Å². The summed E-state index contributed by atoms with van der Waals surface area (Å²) in [5.41, 5.74) is 0. The molecule has 0 unspecified atom stereocenters. The number of hydrogen-bond acceptors (Lipinski definition) is 5. The molecule has 3 N–H and O–H groups in total. The van der Waals surface area contributed by atoms with Crippen LogP contribution in [-0.2, 0) is 16.6 Å². The lowest BCUT2D eigenvalue weighted by Crippen LogP contribution is -2.14. The normalized spacial score (nSPS) is 11.9. The van der Waals surface area contributed by atoms with Gasteiger partial charge in [-0.2, -0.15) is 11.8 Å². The van der Waals surface area contributed by atoms with Crippen molar-refractivity contribution in [2.45, 2.75) is 30.9 Å². The predicted molar refractivity (Wildman–Crippen MR) is 74.0 cm³/mol. The van der Waals surface area contributed by atoms with E-state index in [9.17, 15) is 8.42 Å². The van der Waals surface area contributed by atoms with Crippen LogP contribution in [0.3, 0.4) is 0 Å². The van der Waals surface area contributed by atoms with Crippen molar-refractivity contribution in [2.75, 3.05) is 18.6 Å². The second kappa shape index (κ2) is 7.83. The van der Waals surface area contributed by atoms with Gasteiger partial charge in [0, 0.05) is 0 Å². The summed E-state index contributed by atoms with van der Waals surface area (Å²) in [6, 6.07) is 3.01. The van der Waals surface area contributed by atoms with E-state index in [-0.39, 0.29) is 5.09 Å². The Morgan fingerprint density at radius 2 is 2.11 bits per heavy atom. The number of nitrogens with two attached hydrogens (primary N) is 1. The Hall–Kier alpha value is -0.500. The minimum absolute atomic E-state index is 0.181. The maximum atomic E-state index is 11.0. The number of primary sulfonamides is 1. The molecule has 0 aromatic carbocycles. The molecule has 1 aromatic heterocycles. The molecule has 1 aromatic rings. The van der Waals surface area contributed by atoms with E-state index in [1.807, 2.05) is 11.8 Å². The smallest absolute Gasteiger partial charge is 0.271 e. The van der Waals surface area contributed by atoms with Crippen molar-refractivity contribution in [1.29, 1.82) is 0 Å². The molecule has 7 heteroatoms. The molecule has 0 amide bonds. The molecule has 0 saturated carbocycles. The van der Waals surface area contributed by atoms with Crippen LogP contribution in [0.4, 0.5) is 0 Å². The van der Waals surface area contributed by atoms with Crippen LogP contribution in [0, 0.1) is 0 Å². The maximum Gasteiger partial charge on any atom is 0.271 e. The zero-order chi connectivity index (χ0) is 13.4. The number of nitrogens with one attached hydrogen (secondary N) is 1. The fourth-order valence-corrected chi connectivity index (χ4v) is 2.46. The van der Waals surface area contributed by atoms with E-state index in [0.29, 0.717) is 12.3 Å². The van der Waals surface area contributed by atoms with Gasteiger partial charge in [0.1, 0.15) is 5.76 Å². The predicted octanol–water partition coefficient (Wildman–Crippen LogP) is 1.55. The SMILES string of the molecule is CSCCCCCNCc1ccc(S(N)(=O)=O)o1. The van der Waals surface area contributed by atoms with E-state index >= 15 is 0 Å². The lowest BCUT2D eigenvalue weighted by atomic mass is 10.2. The van der Waals surface area contributed by atoms with Crippen LogP contribution in [-0.4, -0.2) is 27.0 Å². The second-order valence-electron chi connectivity index (χ2n) is 4.00. The van der Waals surface area contributed by atoms with Crippen LogP contribution in [0.2, 0.25) is 0 Å². The van der Waals surface area contributed by atoms with Crippen molar-refractivity contribution in [1.82, 2.24) is 5.32 Å². The average molecular weight is 292 g/mol. The molecule has 0 atom stereocenters. The summed E-state index contributed by atoms with van der Waals surface area (Å²) >= 11 is 1.86. The first-order valence-corrected chi connectivity index (χ1v) is 8.79. The van der Waals surface area contributed by atoms with Gasteiger partial charge in [0.25, 0.3) is 10.0 Å². The molecular formula is C11H20N2O3S2. The zero-order valence-electron chi connectivity index (χ0n) is 10.5. The molecule has 0 bridgehead atoms. The van der Waals surface area contributed by atoms with Crippen molar-refractivity contribution in [3.8, 4) is 0 Å². The van der Waals surface area contributed by atoms with Gasteiger partial charge in [-0.1, -0.05) is 6.42 Å². The summed E-state index contributed by atoms with van der Waals surface area (Å²) in [5.74, 6) is 1.79. The van der Waals surface area contributed by atoms with Gasteiger partial charge in [-0.05, 0) is 43.5 Å². The van der Waals surface area contributed by atoms with Crippen molar-refractivity contribution in [2.24, 2.45) is 5.14 Å². The van der Waals surface area contributed by atoms with Gasteiger partial charge in [0.15, 0.2) is 0 Å². The molecule has 1 heterocycles. The lowest BCUT2D eigenvalue weighted by Gasteiger charge is -2.02. The van der Waals surface area contributed by atoms with E-state index in [0.717, 1.165) is 13.0 Å². The van der Waals surface area contributed by atoms with Crippen LogP contribution in [0.5, 0.6) is 0 Å². The second-order valence-corrected chi connectivity index (χ2v) is 6.47. The van der Waals surface area contributed by atoms with Crippen molar-refractivity contribution >= 4 is 21.8 Å². The molecule has 104 valence electrons. The molecule has 0 radical (unpaired) electrons. The van der Waals surface area contributed by atoms with Crippen LogP contribution >= 0.6 is 11.8 Å². The Kier molecular flexibility index (Phi) is 6.77. The van der Waals surface area contributed by atoms with E-state index < -0.39 is 10.0 Å². The molecule has 1 rings (SSSR count). The van der Waals surface area contributed by atoms with Crippen molar-refractivity contribution in [3.05, 3.63) is 17.9 Å². The standard InChI is InChI=1S/C11H20N2O3S2/c1-17-8-4-2-3-7-13-9-10-5-6-11(16-10)18(12,14)15/h5-6,13H,2-4,7-9H2,1H3,(H2,12,14,15). The summed E-state index contributed by atoms with van der Waals surface area (Å²) in [5, 5.41) is 7.97. The Balaban J connectivity index is 2.18. The summed E-state index contributed by atoms with van der Waals surface area (Å²) < 4.78 is 27.1. The first kappa shape index (κ1) is 15.6. The van der Waals surface area contributed by atoms with Crippen LogP contribution in [0.25, 0.3) is 0 Å². The van der Waals surface area contributed by atoms with Gasteiger partial charge in [-0.15, -0.1) is 0 Å². The Morgan fingerprint density at radius 1 is 1.33 bits per heavy atom. The first-order chi connectivity index (χ1) is 8.54. The number of unbranched alkanes of at least 4 members (excludes halogenated alkanes) is 2. The van der Waals surface area contributed by atoms with Gasteiger partial charge in [0.2, 0.25) is 5.09 Å². The molecule has 0 fully saturated rings. The van der Waals surface area contributed by atoms with Gasteiger partial charge in [0.05, 0.1) is 6.54 Å². The Morgan fingerprint density at radius 3 is 2.72 bits per heavy atom. The number of sulfonamides is 1. The van der Waals surface area contributed by atoms with E-state index in [1.165, 1.54) is 24.7 Å². The lowest BCUT2D eigenvalue weighted by molar-refractivity contribution is 0.401. The van der Waals surface area contributed by atoms with E-state index in [4.69, 9.17) is 9.56 Å². The molecule has 5 nitrogen and oxygen atoms in total. The average Bonchev–Trinajstić information content (AvgIpc) is 2.76. The minimum atomic E-state index is -3.72. The fraction of sp³-hybridized carbons (Fsp3) is 0.636. The molecule has 0 saturated heterocycles. The third kappa shape index (κ3) is 5.90. The van der Waals surface area contributed by atoms with Gasteiger partial charge in [-0.25, -0.2) is 13.6 Å². The summed E-state index contributed by atoms with van der Waals surface area (Å²) in [4.78, 5) is 0. The van der Waals surface area contributed by atoms with Gasteiger partial charge in [-0.3, -0.25) is 0 Å². The summed E-state index contributed by atoms with van der Waals surface area (Å²) in [6.45, 7) is 1.43.